The fourth-order valence-corrected chi connectivity index (χ4v) is 7.80. The van der Waals surface area contributed by atoms with Crippen molar-refractivity contribution in [3.63, 3.8) is 0 Å². The minimum Gasteiger partial charge on any atom is -0.0888 e. The van der Waals surface area contributed by atoms with Gasteiger partial charge in [0.1, 0.15) is 0 Å². The maximum atomic E-state index is 2.38. The van der Waals surface area contributed by atoms with Gasteiger partial charge in [-0.1, -0.05) is 127 Å². The molecule has 0 N–H and O–H groups in total. The van der Waals surface area contributed by atoms with E-state index in [2.05, 4.69) is 133 Å². The Hall–Kier alpha value is -4.59. The molecule has 9 rings (SSSR count). The van der Waals surface area contributed by atoms with Crippen molar-refractivity contribution in [2.45, 2.75) is 9.79 Å². The standard InChI is InChI=1S/C38H22S/c1-2-13-34-30(10-1)32-12-5-11-31-29(20-21-35(39-34)38(31)32)27-9-4-8-26(22-27)28-18-16-25-15-14-23-6-3-7-24-17-19-33(28)37(25)36(23)24/h1-22H. The van der Waals surface area contributed by atoms with Crippen molar-refractivity contribution in [1.29, 1.82) is 0 Å². The maximum absolute atomic E-state index is 2.38. The SMILES string of the molecule is c1cc(-c2ccc3c4c(cccc24)-c2ccccc2S3)cc(-c2ccc3ccc4cccc5ccc2c3c45)c1. The van der Waals surface area contributed by atoms with Crippen LogP contribution in [0.15, 0.2) is 143 Å². The molecule has 0 saturated carbocycles. The van der Waals surface area contributed by atoms with Gasteiger partial charge < -0.3 is 0 Å². The van der Waals surface area contributed by atoms with Gasteiger partial charge in [-0.3, -0.25) is 0 Å². The molecule has 8 aromatic rings. The molecule has 0 atom stereocenters. The molecule has 1 aliphatic rings. The Balaban J connectivity index is 1.26. The molecule has 0 unspecified atom stereocenters. The number of rotatable bonds is 2. The van der Waals surface area contributed by atoms with E-state index in [1.165, 1.54) is 86.3 Å². The van der Waals surface area contributed by atoms with Crippen molar-refractivity contribution in [1.82, 2.24) is 0 Å². The van der Waals surface area contributed by atoms with E-state index in [0.29, 0.717) is 0 Å². The second-order valence-corrected chi connectivity index (χ2v) is 11.6. The maximum Gasteiger partial charge on any atom is 0.0207 e. The Morgan fingerprint density at radius 2 is 0.949 bits per heavy atom. The summed E-state index contributed by atoms with van der Waals surface area (Å²) in [6.07, 6.45) is 0. The lowest BCUT2D eigenvalue weighted by molar-refractivity contribution is 1.40. The molecule has 180 valence electrons. The predicted molar refractivity (Wildman–Crippen MR) is 168 cm³/mol. The van der Waals surface area contributed by atoms with E-state index in [1.54, 1.807) is 0 Å². The lowest BCUT2D eigenvalue weighted by Crippen LogP contribution is -1.94. The summed E-state index contributed by atoms with van der Waals surface area (Å²) in [5, 5.41) is 10.7. The van der Waals surface area contributed by atoms with Crippen LogP contribution in [-0.4, -0.2) is 0 Å². The Morgan fingerprint density at radius 1 is 0.333 bits per heavy atom. The van der Waals surface area contributed by atoms with E-state index in [0.717, 1.165) is 0 Å². The Morgan fingerprint density at radius 3 is 1.79 bits per heavy atom. The second-order valence-electron chi connectivity index (χ2n) is 10.5. The molecule has 0 saturated heterocycles. The van der Waals surface area contributed by atoms with Gasteiger partial charge in [-0.25, -0.2) is 0 Å². The first-order valence-corrected chi connectivity index (χ1v) is 14.3. The van der Waals surface area contributed by atoms with Crippen LogP contribution in [0.2, 0.25) is 0 Å². The molecule has 0 bridgehead atoms. The van der Waals surface area contributed by atoms with Crippen LogP contribution in [-0.2, 0) is 0 Å². The molecule has 0 radical (unpaired) electrons. The molecule has 39 heavy (non-hydrogen) atoms. The highest BCUT2D eigenvalue weighted by Gasteiger charge is 2.20. The first kappa shape index (κ1) is 21.4. The van der Waals surface area contributed by atoms with E-state index in [9.17, 15) is 0 Å². The summed E-state index contributed by atoms with van der Waals surface area (Å²) in [7, 11) is 0. The van der Waals surface area contributed by atoms with Crippen LogP contribution in [0.5, 0.6) is 0 Å². The van der Waals surface area contributed by atoms with Crippen LogP contribution in [0.4, 0.5) is 0 Å². The van der Waals surface area contributed by atoms with Gasteiger partial charge >= 0.3 is 0 Å². The highest BCUT2D eigenvalue weighted by molar-refractivity contribution is 7.99. The van der Waals surface area contributed by atoms with Crippen LogP contribution in [0, 0.1) is 0 Å². The number of benzene rings is 8. The minimum absolute atomic E-state index is 1.26. The third kappa shape index (κ3) is 3.02. The average Bonchev–Trinajstić information content (AvgIpc) is 3.00. The molecular formula is C38H22S. The summed E-state index contributed by atoms with van der Waals surface area (Å²) < 4.78 is 0. The molecule has 1 aliphatic heterocycles. The third-order valence-electron chi connectivity index (χ3n) is 8.41. The van der Waals surface area contributed by atoms with Gasteiger partial charge in [-0.2, -0.15) is 0 Å². The summed E-state index contributed by atoms with van der Waals surface area (Å²) in [5.74, 6) is 0. The number of fused-ring (bicyclic) bond motifs is 2. The normalized spacial score (nSPS) is 12.5. The first-order chi connectivity index (χ1) is 19.3. The monoisotopic (exact) mass is 510 g/mol. The molecule has 1 heterocycles. The summed E-state index contributed by atoms with van der Waals surface area (Å²) >= 11 is 1.88. The summed E-state index contributed by atoms with van der Waals surface area (Å²) in [6, 6.07) is 49.5. The summed E-state index contributed by atoms with van der Waals surface area (Å²) in [5.41, 5.74) is 7.75. The van der Waals surface area contributed by atoms with Crippen molar-refractivity contribution in [2.75, 3.05) is 0 Å². The molecule has 0 spiro atoms. The molecule has 0 aromatic heterocycles. The van der Waals surface area contributed by atoms with Crippen LogP contribution in [0.25, 0.3) is 76.5 Å². The summed E-state index contributed by atoms with van der Waals surface area (Å²) in [6.45, 7) is 0. The highest BCUT2D eigenvalue weighted by atomic mass is 32.2. The van der Waals surface area contributed by atoms with E-state index < -0.39 is 0 Å². The molecule has 0 nitrogen and oxygen atoms in total. The van der Waals surface area contributed by atoms with E-state index in [4.69, 9.17) is 0 Å². The molecule has 1 heteroatoms. The second kappa shape index (κ2) is 7.96. The van der Waals surface area contributed by atoms with Crippen molar-refractivity contribution in [3.8, 4) is 33.4 Å². The zero-order valence-corrected chi connectivity index (χ0v) is 21.9. The zero-order valence-electron chi connectivity index (χ0n) is 21.1. The van der Waals surface area contributed by atoms with Crippen LogP contribution in [0.3, 0.4) is 0 Å². The zero-order chi connectivity index (χ0) is 25.5. The minimum atomic E-state index is 1.26. The van der Waals surface area contributed by atoms with Crippen molar-refractivity contribution >= 4 is 54.9 Å². The Labute approximate surface area is 230 Å². The Bertz CT molecular complexity index is 2240. The van der Waals surface area contributed by atoms with Crippen molar-refractivity contribution in [3.05, 3.63) is 133 Å². The summed E-state index contributed by atoms with van der Waals surface area (Å²) in [4.78, 5) is 2.67. The fraction of sp³-hybridized carbons (Fsp3) is 0. The van der Waals surface area contributed by atoms with E-state index >= 15 is 0 Å². The largest absolute Gasteiger partial charge is 0.0888 e. The Kier molecular flexibility index (Phi) is 4.36. The topological polar surface area (TPSA) is 0 Å². The van der Waals surface area contributed by atoms with Gasteiger partial charge in [0, 0.05) is 15.2 Å². The molecule has 0 amide bonds. The third-order valence-corrected chi connectivity index (χ3v) is 9.55. The van der Waals surface area contributed by atoms with Crippen LogP contribution < -0.4 is 0 Å². The lowest BCUT2D eigenvalue weighted by atomic mass is 9.88. The van der Waals surface area contributed by atoms with Crippen molar-refractivity contribution < 1.29 is 0 Å². The lowest BCUT2D eigenvalue weighted by Gasteiger charge is -2.21. The van der Waals surface area contributed by atoms with Gasteiger partial charge in [0.25, 0.3) is 0 Å². The number of hydrogen-bond acceptors (Lipinski definition) is 1. The smallest absolute Gasteiger partial charge is 0.0207 e. The first-order valence-electron chi connectivity index (χ1n) is 13.4. The highest BCUT2D eigenvalue weighted by Crippen LogP contribution is 2.49. The van der Waals surface area contributed by atoms with Gasteiger partial charge in [0.15, 0.2) is 0 Å². The molecular weight excluding hydrogens is 488 g/mol. The molecule has 0 fully saturated rings. The van der Waals surface area contributed by atoms with Gasteiger partial charge in [-0.05, 0) is 89.3 Å². The molecule has 8 aromatic carbocycles. The fourth-order valence-electron chi connectivity index (χ4n) is 6.67. The van der Waals surface area contributed by atoms with Crippen LogP contribution in [0.1, 0.15) is 0 Å². The quantitative estimate of drug-likeness (QED) is 0.208. The van der Waals surface area contributed by atoms with Crippen LogP contribution >= 0.6 is 11.8 Å². The van der Waals surface area contributed by atoms with E-state index in [1.807, 2.05) is 11.8 Å². The van der Waals surface area contributed by atoms with Crippen molar-refractivity contribution in [2.24, 2.45) is 0 Å². The number of hydrogen-bond donors (Lipinski definition) is 0. The van der Waals surface area contributed by atoms with Gasteiger partial charge in [0.05, 0.1) is 0 Å². The predicted octanol–water partition coefficient (Wildman–Crippen LogP) is 11.2. The average molecular weight is 511 g/mol. The molecule has 0 aliphatic carbocycles. The van der Waals surface area contributed by atoms with Gasteiger partial charge in [0.2, 0.25) is 0 Å². The van der Waals surface area contributed by atoms with Gasteiger partial charge in [-0.15, -0.1) is 0 Å². The van der Waals surface area contributed by atoms with E-state index in [-0.39, 0.29) is 0 Å².